The summed E-state index contributed by atoms with van der Waals surface area (Å²) in [7, 11) is 1.48. The van der Waals surface area contributed by atoms with Crippen LogP contribution >= 0.6 is 0 Å². The van der Waals surface area contributed by atoms with E-state index in [1.54, 1.807) is 20.8 Å². The van der Waals surface area contributed by atoms with Crippen molar-refractivity contribution in [1.29, 1.82) is 0 Å². The molecule has 1 aromatic carbocycles. The fourth-order valence-corrected chi connectivity index (χ4v) is 2.11. The van der Waals surface area contributed by atoms with Gasteiger partial charge in [-0.2, -0.15) is 0 Å². The molecule has 1 unspecified atom stereocenters. The van der Waals surface area contributed by atoms with Crippen LogP contribution in [0.4, 0.5) is 8.78 Å². The molecule has 5 nitrogen and oxygen atoms in total. The van der Waals surface area contributed by atoms with Gasteiger partial charge in [0.05, 0.1) is 11.7 Å². The minimum atomic E-state index is -0.989. The molecule has 2 rings (SSSR count). The van der Waals surface area contributed by atoms with E-state index in [0.717, 1.165) is 12.1 Å². The molecule has 0 aliphatic carbocycles. The number of rotatable bonds is 3. The third kappa shape index (κ3) is 3.28. The molecule has 0 saturated heterocycles. The first-order valence-electron chi connectivity index (χ1n) is 7.02. The molecule has 0 aliphatic rings. The van der Waals surface area contributed by atoms with Gasteiger partial charge in [-0.1, -0.05) is 6.07 Å². The van der Waals surface area contributed by atoms with E-state index >= 15 is 0 Å². The Bertz CT molecular complexity index is 817. The summed E-state index contributed by atoms with van der Waals surface area (Å²) in [4.78, 5) is 32.2. The van der Waals surface area contributed by atoms with E-state index in [4.69, 9.17) is 0 Å². The average molecular weight is 321 g/mol. The third-order valence-corrected chi connectivity index (χ3v) is 3.87. The van der Waals surface area contributed by atoms with Crippen molar-refractivity contribution >= 4 is 5.91 Å². The molecular weight excluding hydrogens is 304 g/mol. The van der Waals surface area contributed by atoms with Crippen LogP contribution in [0.5, 0.6) is 0 Å². The molecule has 0 bridgehead atoms. The minimum Gasteiger partial charge on any atom is -0.333 e. The van der Waals surface area contributed by atoms with E-state index in [9.17, 15) is 18.4 Å². The van der Waals surface area contributed by atoms with E-state index < -0.39 is 29.1 Å². The normalized spacial score (nSPS) is 12.1. The Balaban J connectivity index is 2.34. The maximum atomic E-state index is 13.3. The first-order valence-corrected chi connectivity index (χ1v) is 7.02. The van der Waals surface area contributed by atoms with Crippen LogP contribution in [0.15, 0.2) is 23.0 Å². The number of nitrogens with one attached hydrogen (secondary N) is 1. The monoisotopic (exact) mass is 321 g/mol. The van der Waals surface area contributed by atoms with Crippen LogP contribution in [0.3, 0.4) is 0 Å². The highest BCUT2D eigenvalue weighted by molar-refractivity contribution is 5.92. The van der Waals surface area contributed by atoms with Crippen molar-refractivity contribution in [2.45, 2.75) is 26.8 Å². The highest BCUT2D eigenvalue weighted by Crippen LogP contribution is 2.21. The molecule has 1 atom stereocenters. The molecule has 2 aromatic rings. The lowest BCUT2D eigenvalue weighted by molar-refractivity contribution is 0.0734. The third-order valence-electron chi connectivity index (χ3n) is 3.87. The molecule has 0 fully saturated rings. The van der Waals surface area contributed by atoms with Gasteiger partial charge in [0.1, 0.15) is 0 Å². The van der Waals surface area contributed by atoms with E-state index in [1.165, 1.54) is 18.0 Å². The summed E-state index contributed by atoms with van der Waals surface area (Å²) in [6.45, 7) is 5.02. The van der Waals surface area contributed by atoms with Crippen LogP contribution in [0, 0.1) is 25.5 Å². The first-order chi connectivity index (χ1) is 10.7. The minimum absolute atomic E-state index is 0.231. The zero-order chi connectivity index (χ0) is 17.3. The molecule has 1 amide bonds. The molecule has 0 spiro atoms. The molecule has 23 heavy (non-hydrogen) atoms. The van der Waals surface area contributed by atoms with Crippen LogP contribution in [0.2, 0.25) is 0 Å². The van der Waals surface area contributed by atoms with E-state index in [0.29, 0.717) is 17.0 Å². The van der Waals surface area contributed by atoms with Crippen LogP contribution < -0.4 is 5.56 Å². The van der Waals surface area contributed by atoms with Crippen LogP contribution in [0.25, 0.3) is 0 Å². The fraction of sp³-hybridized carbons (Fsp3) is 0.312. The predicted molar refractivity (Wildman–Crippen MR) is 81.2 cm³/mol. The maximum Gasteiger partial charge on any atom is 0.279 e. The number of hydrogen-bond donors (Lipinski definition) is 1. The Morgan fingerprint density at radius 3 is 2.52 bits per heavy atom. The standard InChI is InChI=1S/C16H17F2N3O2/c1-8-9(2)20-15(22)14(19-8)16(23)21(4)10(3)11-5-6-12(17)13(18)7-11/h5-7,10H,1-4H3,(H,20,22). The average Bonchev–Trinajstić information content (AvgIpc) is 2.51. The van der Waals surface area contributed by atoms with Gasteiger partial charge in [0, 0.05) is 12.7 Å². The number of aryl methyl sites for hydroxylation is 2. The number of halogens is 2. The second-order valence-electron chi connectivity index (χ2n) is 5.39. The summed E-state index contributed by atoms with van der Waals surface area (Å²) in [5.41, 5.74) is 0.733. The highest BCUT2D eigenvalue weighted by Gasteiger charge is 2.23. The van der Waals surface area contributed by atoms with Gasteiger partial charge >= 0.3 is 0 Å². The molecule has 0 radical (unpaired) electrons. The summed E-state index contributed by atoms with van der Waals surface area (Å²) in [6.07, 6.45) is 0. The maximum absolute atomic E-state index is 13.3. The smallest absolute Gasteiger partial charge is 0.279 e. The molecule has 7 heteroatoms. The Morgan fingerprint density at radius 1 is 1.26 bits per heavy atom. The summed E-state index contributed by atoms with van der Waals surface area (Å²) in [5.74, 6) is -2.54. The van der Waals surface area contributed by atoms with Gasteiger partial charge in [-0.3, -0.25) is 9.59 Å². The van der Waals surface area contributed by atoms with Crippen molar-refractivity contribution in [3.8, 4) is 0 Å². The molecule has 122 valence electrons. The van der Waals surface area contributed by atoms with Crippen LogP contribution in [-0.4, -0.2) is 27.8 Å². The molecule has 1 heterocycles. The SMILES string of the molecule is Cc1nc(C(=O)N(C)C(C)c2ccc(F)c(F)c2)c(=O)[nH]c1C. The summed E-state index contributed by atoms with van der Waals surface area (Å²) in [5, 5.41) is 0. The van der Waals surface area contributed by atoms with E-state index in [1.807, 2.05) is 0 Å². The van der Waals surface area contributed by atoms with Crippen molar-refractivity contribution in [3.05, 3.63) is 62.8 Å². The van der Waals surface area contributed by atoms with E-state index in [-0.39, 0.29) is 5.69 Å². The lowest BCUT2D eigenvalue weighted by Crippen LogP contribution is -2.35. The summed E-state index contributed by atoms with van der Waals surface area (Å²) < 4.78 is 26.4. The number of aromatic nitrogens is 2. The van der Waals surface area contributed by atoms with Gasteiger partial charge in [-0.15, -0.1) is 0 Å². The zero-order valence-electron chi connectivity index (χ0n) is 13.3. The highest BCUT2D eigenvalue weighted by atomic mass is 19.2. The van der Waals surface area contributed by atoms with Crippen molar-refractivity contribution in [2.24, 2.45) is 0 Å². The van der Waals surface area contributed by atoms with Gasteiger partial charge in [0.2, 0.25) is 0 Å². The molecule has 0 aliphatic heterocycles. The Hall–Kier alpha value is -2.57. The topological polar surface area (TPSA) is 66.1 Å². The lowest BCUT2D eigenvalue weighted by Gasteiger charge is -2.25. The number of H-pyrrole nitrogens is 1. The van der Waals surface area contributed by atoms with Crippen LogP contribution in [-0.2, 0) is 0 Å². The van der Waals surface area contributed by atoms with Gasteiger partial charge in [0.15, 0.2) is 17.3 Å². The van der Waals surface area contributed by atoms with Crippen molar-refractivity contribution in [2.75, 3.05) is 7.05 Å². The van der Waals surface area contributed by atoms with Crippen molar-refractivity contribution in [1.82, 2.24) is 14.9 Å². The van der Waals surface area contributed by atoms with Gasteiger partial charge in [-0.05, 0) is 38.5 Å². The van der Waals surface area contributed by atoms with Gasteiger partial charge in [-0.25, -0.2) is 13.8 Å². The number of carbonyl (C=O) groups is 1. The Kier molecular flexibility index (Phi) is 4.58. The van der Waals surface area contributed by atoms with Gasteiger partial charge < -0.3 is 9.88 Å². The lowest BCUT2D eigenvalue weighted by atomic mass is 10.1. The number of nitrogens with zero attached hydrogens (tertiary/aromatic N) is 2. The number of amides is 1. The Labute approximate surface area is 132 Å². The molecule has 1 aromatic heterocycles. The predicted octanol–water partition coefficient (Wildman–Crippen LogP) is 2.50. The number of benzene rings is 1. The quantitative estimate of drug-likeness (QED) is 0.944. The second-order valence-corrected chi connectivity index (χ2v) is 5.39. The van der Waals surface area contributed by atoms with Crippen molar-refractivity contribution < 1.29 is 13.6 Å². The summed E-state index contributed by atoms with van der Waals surface area (Å²) in [6, 6.07) is 2.87. The number of carbonyl (C=O) groups excluding carboxylic acids is 1. The molecule has 1 N–H and O–H groups in total. The number of hydrogen-bond acceptors (Lipinski definition) is 3. The molecule has 0 saturated carbocycles. The second kappa shape index (κ2) is 6.28. The fourth-order valence-electron chi connectivity index (χ4n) is 2.11. The zero-order valence-corrected chi connectivity index (χ0v) is 13.3. The van der Waals surface area contributed by atoms with E-state index in [2.05, 4.69) is 9.97 Å². The van der Waals surface area contributed by atoms with Crippen LogP contribution in [0.1, 0.15) is 40.4 Å². The summed E-state index contributed by atoms with van der Waals surface area (Å²) >= 11 is 0. The number of aromatic amines is 1. The first kappa shape index (κ1) is 16.8. The van der Waals surface area contributed by atoms with Crippen molar-refractivity contribution in [3.63, 3.8) is 0 Å². The van der Waals surface area contributed by atoms with Gasteiger partial charge in [0.25, 0.3) is 11.5 Å². The molecular formula is C16H17F2N3O2. The largest absolute Gasteiger partial charge is 0.333 e. The Morgan fingerprint density at radius 2 is 1.91 bits per heavy atom.